The van der Waals surface area contributed by atoms with Crippen molar-refractivity contribution in [2.24, 2.45) is 5.41 Å². The molecule has 1 heterocycles. The summed E-state index contributed by atoms with van der Waals surface area (Å²) in [6.45, 7) is 5.96. The maximum Gasteiger partial charge on any atom is 0.153 e. The molecule has 0 aliphatic heterocycles. The van der Waals surface area contributed by atoms with Crippen LogP contribution in [0, 0.1) is 12.6 Å². The molecule has 0 fully saturated rings. The number of aromatic nitrogens is 1. The van der Waals surface area contributed by atoms with Crippen LogP contribution >= 0.6 is 45.2 Å². The molecule has 0 aliphatic rings. The van der Waals surface area contributed by atoms with Crippen LogP contribution in [0.4, 0.5) is 0 Å². The fraction of sp³-hybridized carbons (Fsp3) is 0.278. The van der Waals surface area contributed by atoms with Gasteiger partial charge in [-0.25, -0.2) is 0 Å². The molecule has 1 aromatic heterocycles. The fourth-order valence-corrected chi connectivity index (χ4v) is 3.65. The second kappa shape index (κ2) is 7.94. The summed E-state index contributed by atoms with van der Waals surface area (Å²) in [7, 11) is 0. The lowest BCUT2D eigenvalue weighted by atomic mass is 9.87. The molecule has 0 aliphatic carbocycles. The summed E-state index contributed by atoms with van der Waals surface area (Å²) >= 11 is 4.49. The highest BCUT2D eigenvalue weighted by Gasteiger charge is 2.28. The van der Waals surface area contributed by atoms with Gasteiger partial charge in [0, 0.05) is 12.4 Å². The molecular formula is C18H19I2NO2. The van der Waals surface area contributed by atoms with Gasteiger partial charge < -0.3 is 9.84 Å². The number of para-hydroxylation sites is 1. The summed E-state index contributed by atoms with van der Waals surface area (Å²) in [6, 6.07) is 9.77. The van der Waals surface area contributed by atoms with Crippen LogP contribution < -0.4 is 4.74 Å². The molecule has 2 aromatic rings. The van der Waals surface area contributed by atoms with Crippen molar-refractivity contribution in [1.82, 2.24) is 4.98 Å². The van der Waals surface area contributed by atoms with Gasteiger partial charge in [0.1, 0.15) is 11.9 Å². The van der Waals surface area contributed by atoms with E-state index in [1.807, 2.05) is 57.2 Å². The van der Waals surface area contributed by atoms with Gasteiger partial charge in [-0.15, -0.1) is 0 Å². The Morgan fingerprint density at radius 3 is 2.35 bits per heavy atom. The van der Waals surface area contributed by atoms with E-state index >= 15 is 0 Å². The zero-order chi connectivity index (χ0) is 17.0. The van der Waals surface area contributed by atoms with E-state index in [4.69, 9.17) is 4.74 Å². The van der Waals surface area contributed by atoms with E-state index in [0.717, 1.165) is 18.5 Å². The monoisotopic (exact) mass is 535 g/mol. The normalized spacial score (nSPS) is 13.7. The van der Waals surface area contributed by atoms with Crippen molar-refractivity contribution in [3.8, 4) is 5.75 Å². The number of nitrogens with zero attached hydrogens (tertiary/aromatic N) is 1. The molecule has 0 radical (unpaired) electrons. The number of aliphatic hydroxyl groups excluding tert-OH is 1. The SMILES string of the molecule is CC(C)(C)C(O)C(=Cc1cccnc1)Oc1c(I)cccc1I. The van der Waals surface area contributed by atoms with Crippen molar-refractivity contribution in [2.45, 2.75) is 26.9 Å². The quantitative estimate of drug-likeness (QED) is 0.437. The highest BCUT2D eigenvalue weighted by molar-refractivity contribution is 14.1. The largest absolute Gasteiger partial charge is 0.457 e. The van der Waals surface area contributed by atoms with Crippen molar-refractivity contribution < 1.29 is 9.84 Å². The van der Waals surface area contributed by atoms with Gasteiger partial charge >= 0.3 is 0 Å². The molecule has 3 nitrogen and oxygen atoms in total. The smallest absolute Gasteiger partial charge is 0.153 e. The second-order valence-corrected chi connectivity index (χ2v) is 8.58. The van der Waals surface area contributed by atoms with Crippen LogP contribution in [0.5, 0.6) is 5.75 Å². The first-order valence-electron chi connectivity index (χ1n) is 7.20. The predicted octanol–water partition coefficient (Wildman–Crippen LogP) is 5.12. The van der Waals surface area contributed by atoms with Crippen molar-refractivity contribution in [2.75, 3.05) is 0 Å². The van der Waals surface area contributed by atoms with Crippen LogP contribution in [0.25, 0.3) is 6.08 Å². The van der Waals surface area contributed by atoms with Gasteiger partial charge in [-0.3, -0.25) is 4.98 Å². The van der Waals surface area contributed by atoms with E-state index in [9.17, 15) is 5.11 Å². The van der Waals surface area contributed by atoms with E-state index in [0.29, 0.717) is 5.76 Å². The fourth-order valence-electron chi connectivity index (χ4n) is 1.91. The lowest BCUT2D eigenvalue weighted by Crippen LogP contribution is -2.30. The number of aliphatic hydroxyl groups is 1. The number of rotatable bonds is 4. The van der Waals surface area contributed by atoms with Gasteiger partial charge in [-0.05, 0) is 80.4 Å². The van der Waals surface area contributed by atoms with E-state index in [-0.39, 0.29) is 5.41 Å². The third-order valence-corrected chi connectivity index (χ3v) is 4.92. The Hall–Kier alpha value is -0.670. The van der Waals surface area contributed by atoms with Crippen LogP contribution in [0.1, 0.15) is 26.3 Å². The van der Waals surface area contributed by atoms with Crippen LogP contribution in [-0.4, -0.2) is 16.2 Å². The van der Waals surface area contributed by atoms with Gasteiger partial charge in [-0.2, -0.15) is 0 Å². The third-order valence-electron chi connectivity index (χ3n) is 3.22. The molecule has 1 atom stereocenters. The molecule has 0 saturated heterocycles. The summed E-state index contributed by atoms with van der Waals surface area (Å²) in [5.74, 6) is 1.29. The first-order valence-corrected chi connectivity index (χ1v) is 9.36. The molecule has 1 aromatic carbocycles. The highest BCUT2D eigenvalue weighted by atomic mass is 127. The summed E-state index contributed by atoms with van der Waals surface area (Å²) in [5.41, 5.74) is 0.562. The van der Waals surface area contributed by atoms with Crippen LogP contribution in [0.3, 0.4) is 0 Å². The molecule has 0 bridgehead atoms. The van der Waals surface area contributed by atoms with Gasteiger partial charge in [0.2, 0.25) is 0 Å². The van der Waals surface area contributed by atoms with E-state index in [2.05, 4.69) is 50.2 Å². The topological polar surface area (TPSA) is 42.4 Å². The molecule has 2 rings (SSSR count). The van der Waals surface area contributed by atoms with E-state index in [1.54, 1.807) is 12.4 Å². The Morgan fingerprint density at radius 1 is 1.17 bits per heavy atom. The van der Waals surface area contributed by atoms with Crippen LogP contribution in [0.2, 0.25) is 0 Å². The first kappa shape index (κ1) is 18.7. The number of hydrogen-bond acceptors (Lipinski definition) is 3. The molecular weight excluding hydrogens is 516 g/mol. The van der Waals surface area contributed by atoms with Crippen molar-refractivity contribution in [1.29, 1.82) is 0 Å². The van der Waals surface area contributed by atoms with E-state index < -0.39 is 6.10 Å². The number of halogens is 2. The van der Waals surface area contributed by atoms with Gasteiger partial charge in [-0.1, -0.05) is 32.9 Å². The van der Waals surface area contributed by atoms with Gasteiger partial charge in [0.25, 0.3) is 0 Å². The lowest BCUT2D eigenvalue weighted by molar-refractivity contribution is 0.0638. The molecule has 0 amide bonds. The Morgan fingerprint density at radius 2 is 1.83 bits per heavy atom. The predicted molar refractivity (Wildman–Crippen MR) is 110 cm³/mol. The first-order chi connectivity index (χ1) is 10.8. The summed E-state index contributed by atoms with van der Waals surface area (Å²) in [4.78, 5) is 4.12. The minimum absolute atomic E-state index is 0.334. The maximum atomic E-state index is 10.7. The standard InChI is InChI=1S/C18H19I2NO2/c1-18(2,3)17(22)15(10-12-6-5-9-21-11-12)23-16-13(19)7-4-8-14(16)20/h4-11,17,22H,1-3H3. The molecule has 1 unspecified atom stereocenters. The average molecular weight is 535 g/mol. The number of hydrogen-bond donors (Lipinski definition) is 1. The van der Waals surface area contributed by atoms with Crippen molar-refractivity contribution >= 4 is 51.3 Å². The molecule has 122 valence electrons. The summed E-state index contributed by atoms with van der Waals surface area (Å²) in [6.07, 6.45) is 4.59. The average Bonchev–Trinajstić information content (AvgIpc) is 2.49. The van der Waals surface area contributed by atoms with Crippen molar-refractivity contribution in [3.63, 3.8) is 0 Å². The minimum Gasteiger partial charge on any atom is -0.457 e. The van der Waals surface area contributed by atoms with Gasteiger partial charge in [0.05, 0.1) is 7.14 Å². The van der Waals surface area contributed by atoms with E-state index in [1.165, 1.54) is 0 Å². The minimum atomic E-state index is -0.727. The third kappa shape index (κ3) is 5.15. The zero-order valence-corrected chi connectivity index (χ0v) is 17.6. The Kier molecular flexibility index (Phi) is 6.44. The van der Waals surface area contributed by atoms with Gasteiger partial charge in [0.15, 0.2) is 5.75 Å². The van der Waals surface area contributed by atoms with Crippen LogP contribution in [0.15, 0.2) is 48.5 Å². The maximum absolute atomic E-state index is 10.7. The zero-order valence-electron chi connectivity index (χ0n) is 13.3. The Labute approximate surface area is 164 Å². The molecule has 23 heavy (non-hydrogen) atoms. The lowest BCUT2D eigenvalue weighted by Gasteiger charge is -2.28. The number of benzene rings is 1. The highest BCUT2D eigenvalue weighted by Crippen LogP contribution is 2.33. The molecule has 0 spiro atoms. The molecule has 5 heteroatoms. The summed E-state index contributed by atoms with van der Waals surface area (Å²) < 4.78 is 8.15. The second-order valence-electron chi connectivity index (χ2n) is 6.25. The van der Waals surface area contributed by atoms with Crippen molar-refractivity contribution in [3.05, 3.63) is 61.2 Å². The number of ether oxygens (including phenoxy) is 1. The molecule has 0 saturated carbocycles. The summed E-state index contributed by atoms with van der Waals surface area (Å²) in [5, 5.41) is 10.7. The Balaban J connectivity index is 2.44. The Bertz CT molecular complexity index is 674. The van der Waals surface area contributed by atoms with Crippen LogP contribution in [-0.2, 0) is 0 Å². The number of pyridine rings is 1. The molecule has 1 N–H and O–H groups in total.